The maximum absolute atomic E-state index is 16.2. The van der Waals surface area contributed by atoms with Crippen molar-refractivity contribution < 1.29 is 62.6 Å². The predicted molar refractivity (Wildman–Crippen MR) is 379 cm³/mol. The van der Waals surface area contributed by atoms with Crippen LogP contribution in [0.3, 0.4) is 0 Å². The topological polar surface area (TPSA) is 361 Å². The van der Waals surface area contributed by atoms with E-state index in [4.69, 9.17) is 0 Å². The van der Waals surface area contributed by atoms with Crippen LogP contribution in [0, 0.1) is 23.7 Å². The van der Waals surface area contributed by atoms with Gasteiger partial charge < -0.3 is 68.5 Å². The van der Waals surface area contributed by atoms with Gasteiger partial charge in [0.2, 0.25) is 66.0 Å². The van der Waals surface area contributed by atoms with E-state index in [2.05, 4.69) is 58.5 Å². The van der Waals surface area contributed by atoms with Crippen molar-refractivity contribution in [3.05, 3.63) is 144 Å². The van der Waals surface area contributed by atoms with Gasteiger partial charge >= 0.3 is 5.97 Å². The molecule has 25 nitrogen and oxygen atoms in total. The summed E-state index contributed by atoms with van der Waals surface area (Å²) in [6.45, 7) is 15.4. The highest BCUT2D eigenvalue weighted by molar-refractivity contribution is 6.04. The summed E-state index contributed by atoms with van der Waals surface area (Å²) in [5.41, 5.74) is -0.764. The van der Waals surface area contributed by atoms with Crippen molar-refractivity contribution in [1.29, 1.82) is 0 Å². The minimum atomic E-state index is -1.79. The zero-order valence-corrected chi connectivity index (χ0v) is 59.1. The van der Waals surface area contributed by atoms with Crippen LogP contribution in [0.2, 0.25) is 0 Å². The molecule has 0 bridgehead atoms. The molecule has 544 valence electrons. The smallest absolute Gasteiger partial charge is 0.330 e. The molecule has 4 aromatic carbocycles. The van der Waals surface area contributed by atoms with Gasteiger partial charge in [-0.05, 0) is 117 Å². The van der Waals surface area contributed by atoms with E-state index in [-0.39, 0.29) is 82.3 Å². The summed E-state index contributed by atoms with van der Waals surface area (Å²) >= 11 is 0. The number of hydrogen-bond donors (Lipinski definition) is 12. The van der Waals surface area contributed by atoms with Crippen LogP contribution in [0.25, 0.3) is 0 Å². The van der Waals surface area contributed by atoms with Crippen LogP contribution < -0.4 is 58.5 Å². The number of carbonyl (C=O) groups is 12. The largest absolute Gasteiger partial charge is 0.479 e. The molecule has 25 heteroatoms. The quantitative estimate of drug-likeness (QED) is 0.0223. The summed E-state index contributed by atoms with van der Waals surface area (Å²) < 4.78 is 0. The van der Waals surface area contributed by atoms with Gasteiger partial charge in [-0.1, -0.05) is 177 Å². The first-order chi connectivity index (χ1) is 48.4. The standard InChI is InChI=1S/C76H102N12O13/c1-45(2)41-56(82-65(91)53-33-23-39-79-53)68(94)80-54(34-21-37-77-43-89)66(92)84-63(47(5)6)71(97)86-75(59(49-25-13-9-14-26-49)60(75)50-27-15-10-16-28-50)73(99)88-40-24-36-58(88)70(96)83-57(42-46(3)4)69(95)81-55(35-22-38-78-44-90)67(93)85-64(48(7)8)72(98)87-76(74(100)101)61(51-29-17-11-18-30-51)62(76)52-31-19-12-20-32-52/h9-20,25-32,43-48,53-64,79H,21-24,33-42H2,1-8H3,(H,77,89)(H,78,90)(H,80,94)(H,81,95)(H,82,91)(H,83,96)(H,84,92)(H,85,93)(H,86,97)(H,87,98)(H,100,101)/t53-,54+,55+,56+,57+,58-,59+,60+,61+,62+,63+,64+/m1/s1. The SMILES string of the molecule is CC(C)C[C@H](NC(=O)[C@H]1CCCN1C(=O)C1(NC(=O)[C@@H](NC(=O)[C@H](CCCNC=O)NC(=O)[C@H](CC(C)C)NC(=O)[C@H]2CCCN2)C(C)C)[C@@H](c2ccccc2)[C@@H]1c1ccccc1)C(=O)N[C@@H](CCCNC=O)C(=O)N[C@H](C(=O)NC1(C(=O)O)[C@@H](c2ccccc2)[C@@H]1c1ccccc1)C(C)C. The van der Waals surface area contributed by atoms with Crippen LogP contribution >= 0.6 is 0 Å². The second kappa shape index (κ2) is 35.7. The summed E-state index contributed by atoms with van der Waals surface area (Å²) in [5.74, 6) is -11.4. The second-order valence-corrected chi connectivity index (χ2v) is 28.8. The average molecular weight is 1390 g/mol. The van der Waals surface area contributed by atoms with Crippen LogP contribution in [0.15, 0.2) is 121 Å². The summed E-state index contributed by atoms with van der Waals surface area (Å²) in [6.07, 6.45) is 3.69. The Morgan fingerprint density at radius 2 is 0.851 bits per heavy atom. The number of nitrogens with one attached hydrogen (secondary N) is 11. The Hall–Kier alpha value is -9.52. The molecule has 12 atom stereocenters. The van der Waals surface area contributed by atoms with Crippen LogP contribution in [-0.4, -0.2) is 168 Å². The maximum Gasteiger partial charge on any atom is 0.330 e. The minimum absolute atomic E-state index is 0.0316. The highest BCUT2D eigenvalue weighted by atomic mass is 16.4. The molecule has 2 saturated carbocycles. The number of rotatable bonds is 38. The molecule has 2 aliphatic carbocycles. The molecule has 2 heterocycles. The maximum atomic E-state index is 16.2. The van der Waals surface area contributed by atoms with Crippen molar-refractivity contribution >= 4 is 72.0 Å². The normalized spacial score (nSPS) is 23.0. The fraction of sp³-hybridized carbons (Fsp3) is 0.526. The van der Waals surface area contributed by atoms with Gasteiger partial charge in [-0.3, -0.25) is 52.7 Å². The lowest BCUT2D eigenvalue weighted by Crippen LogP contribution is -2.62. The van der Waals surface area contributed by atoms with Gasteiger partial charge in [0.25, 0.3) is 0 Å². The monoisotopic (exact) mass is 1390 g/mol. The Kier molecular flexibility index (Phi) is 27.3. The number of amides is 11. The van der Waals surface area contributed by atoms with E-state index in [1.807, 2.05) is 100 Å². The van der Waals surface area contributed by atoms with Crippen molar-refractivity contribution in [1.82, 2.24) is 63.4 Å². The lowest BCUT2D eigenvalue weighted by molar-refractivity contribution is -0.144. The van der Waals surface area contributed by atoms with Crippen molar-refractivity contribution in [2.75, 3.05) is 26.2 Å². The minimum Gasteiger partial charge on any atom is -0.479 e. The van der Waals surface area contributed by atoms with Crippen molar-refractivity contribution in [2.24, 2.45) is 23.7 Å². The van der Waals surface area contributed by atoms with Crippen LogP contribution in [-0.2, 0) is 57.5 Å². The first-order valence-corrected chi connectivity index (χ1v) is 35.7. The third-order valence-corrected chi connectivity index (χ3v) is 19.8. The Morgan fingerprint density at radius 3 is 1.21 bits per heavy atom. The Balaban J connectivity index is 1.04. The Labute approximate surface area is 591 Å². The molecule has 4 fully saturated rings. The highest BCUT2D eigenvalue weighted by Gasteiger charge is 2.74. The van der Waals surface area contributed by atoms with E-state index in [1.165, 1.54) is 4.90 Å². The van der Waals surface area contributed by atoms with Gasteiger partial charge in [-0.25, -0.2) is 4.79 Å². The van der Waals surface area contributed by atoms with Gasteiger partial charge in [0.15, 0.2) is 5.54 Å². The second-order valence-electron chi connectivity index (χ2n) is 28.8. The molecule has 0 aromatic heterocycles. The summed E-state index contributed by atoms with van der Waals surface area (Å²) in [5, 5.41) is 42.5. The number of carboxylic acid groups (broad SMARTS) is 1. The first-order valence-electron chi connectivity index (χ1n) is 35.7. The van der Waals surface area contributed by atoms with Gasteiger partial charge in [-0.15, -0.1) is 0 Å². The van der Waals surface area contributed by atoms with E-state index in [1.54, 1.807) is 76.2 Å². The summed E-state index contributed by atoms with van der Waals surface area (Å²) in [4.78, 5) is 171. The van der Waals surface area contributed by atoms with E-state index in [0.717, 1.165) is 6.42 Å². The Bertz CT molecular complexity index is 3430. The molecule has 2 saturated heterocycles. The third kappa shape index (κ3) is 18.9. The molecule has 0 spiro atoms. The van der Waals surface area contributed by atoms with Crippen molar-refractivity contribution in [2.45, 2.75) is 203 Å². The van der Waals surface area contributed by atoms with Crippen molar-refractivity contribution in [3.8, 4) is 0 Å². The molecule has 101 heavy (non-hydrogen) atoms. The van der Waals surface area contributed by atoms with Gasteiger partial charge in [0.05, 0.1) is 6.04 Å². The number of carboxylic acids is 1. The molecule has 11 amide bonds. The third-order valence-electron chi connectivity index (χ3n) is 19.8. The fourth-order valence-corrected chi connectivity index (χ4v) is 14.7. The predicted octanol–water partition coefficient (Wildman–Crippen LogP) is 4.05. The molecule has 0 radical (unpaired) electrons. The number of nitrogens with zero attached hydrogens (tertiary/aromatic N) is 1. The van der Waals surface area contributed by atoms with Gasteiger partial charge in [0, 0.05) is 43.3 Å². The average Bonchev–Trinajstić information content (AvgIpc) is 1.52. The molecule has 8 rings (SSSR count). The number of aliphatic carboxylic acids is 1. The zero-order valence-electron chi connectivity index (χ0n) is 59.1. The molecule has 2 aliphatic heterocycles. The number of carbonyl (C=O) groups excluding carboxylic acids is 11. The van der Waals surface area contributed by atoms with E-state index in [9.17, 15) is 48.3 Å². The first kappa shape index (κ1) is 77.2. The number of benzene rings is 4. The molecule has 12 N–H and O–H groups in total. The highest BCUT2D eigenvalue weighted by Crippen LogP contribution is 2.65. The number of hydrogen-bond acceptors (Lipinski definition) is 13. The van der Waals surface area contributed by atoms with E-state index < -0.39 is 148 Å². The van der Waals surface area contributed by atoms with Crippen LogP contribution in [0.4, 0.5) is 0 Å². The van der Waals surface area contributed by atoms with E-state index >= 15 is 14.4 Å². The molecule has 4 aromatic rings. The lowest BCUT2D eigenvalue weighted by Gasteiger charge is -2.33. The van der Waals surface area contributed by atoms with Gasteiger partial charge in [-0.2, -0.15) is 0 Å². The van der Waals surface area contributed by atoms with Gasteiger partial charge in [0.1, 0.15) is 47.8 Å². The summed E-state index contributed by atoms with van der Waals surface area (Å²) in [6, 6.07) is 27.2. The van der Waals surface area contributed by atoms with Crippen molar-refractivity contribution in [3.63, 3.8) is 0 Å². The summed E-state index contributed by atoms with van der Waals surface area (Å²) in [7, 11) is 0. The molecule has 4 aliphatic rings. The van der Waals surface area contributed by atoms with E-state index in [0.29, 0.717) is 54.5 Å². The van der Waals surface area contributed by atoms with Crippen LogP contribution in [0.5, 0.6) is 0 Å². The van der Waals surface area contributed by atoms with Crippen LogP contribution in [0.1, 0.15) is 166 Å². The molecular weight excluding hydrogens is 1290 g/mol. The molecule has 0 unspecified atom stereocenters. The number of likely N-dealkylation sites (tertiary alicyclic amines) is 1. The molecular formula is C76H102N12O13. The fourth-order valence-electron chi connectivity index (χ4n) is 14.7. The zero-order chi connectivity index (χ0) is 73.1. The Morgan fingerprint density at radius 1 is 0.475 bits per heavy atom. The lowest BCUT2D eigenvalue weighted by atomic mass is 9.98.